The zero-order chi connectivity index (χ0) is 13.9. The van der Waals surface area contributed by atoms with Crippen LogP contribution in [0, 0.1) is 0 Å². The van der Waals surface area contributed by atoms with Crippen LogP contribution < -0.4 is 11.3 Å². The van der Waals surface area contributed by atoms with Gasteiger partial charge in [-0.3, -0.25) is 5.84 Å². The molecule has 5 nitrogen and oxygen atoms in total. The molecule has 0 spiro atoms. The van der Waals surface area contributed by atoms with Crippen LogP contribution in [0.4, 0.5) is 5.69 Å². The minimum Gasteiger partial charge on any atom is -0.323 e. The first kappa shape index (κ1) is 14.0. The highest BCUT2D eigenvalue weighted by atomic mass is 32.2. The third-order valence-electron chi connectivity index (χ3n) is 2.72. The molecular formula is C12H15N3O2S2. The predicted molar refractivity (Wildman–Crippen MR) is 77.2 cm³/mol. The van der Waals surface area contributed by atoms with Gasteiger partial charge in [0.25, 0.3) is 0 Å². The molecule has 102 valence electrons. The molecule has 1 aromatic heterocycles. The van der Waals surface area contributed by atoms with E-state index in [0.29, 0.717) is 12.2 Å². The molecule has 0 saturated carbocycles. The van der Waals surface area contributed by atoms with E-state index in [0.717, 1.165) is 5.56 Å². The van der Waals surface area contributed by atoms with Crippen molar-refractivity contribution >= 4 is 27.0 Å². The van der Waals surface area contributed by atoms with Gasteiger partial charge >= 0.3 is 0 Å². The molecule has 7 heteroatoms. The lowest BCUT2D eigenvalue weighted by Crippen LogP contribution is -2.27. The smallest absolute Gasteiger partial charge is 0.245 e. The van der Waals surface area contributed by atoms with Crippen molar-refractivity contribution in [2.45, 2.75) is 11.4 Å². The molecule has 1 aromatic carbocycles. The quantitative estimate of drug-likeness (QED) is 0.652. The summed E-state index contributed by atoms with van der Waals surface area (Å²) < 4.78 is 26.3. The maximum absolute atomic E-state index is 12.5. The number of nitrogen functional groups attached to an aromatic ring is 1. The lowest BCUT2D eigenvalue weighted by molar-refractivity contribution is 0.467. The van der Waals surface area contributed by atoms with Gasteiger partial charge in [0.05, 0.1) is 5.69 Å². The standard InChI is InChI=1S/C12H15N3O2S2/c1-15(8-10-6-7-18-9-10)19(16,17)12-5-3-2-4-11(12)14-13/h2-7,9,14H,8,13H2,1H3. The molecule has 0 atom stereocenters. The fraction of sp³-hybridized carbons (Fsp3) is 0.167. The highest BCUT2D eigenvalue weighted by molar-refractivity contribution is 7.89. The van der Waals surface area contributed by atoms with Gasteiger partial charge < -0.3 is 5.43 Å². The van der Waals surface area contributed by atoms with Crippen molar-refractivity contribution < 1.29 is 8.42 Å². The number of rotatable bonds is 5. The van der Waals surface area contributed by atoms with Gasteiger partial charge in [0.15, 0.2) is 0 Å². The summed E-state index contributed by atoms with van der Waals surface area (Å²) in [4.78, 5) is 0.176. The van der Waals surface area contributed by atoms with Crippen molar-refractivity contribution in [2.75, 3.05) is 12.5 Å². The van der Waals surface area contributed by atoms with Crippen LogP contribution in [0.25, 0.3) is 0 Å². The molecule has 2 rings (SSSR count). The Morgan fingerprint density at radius 1 is 1.32 bits per heavy atom. The molecule has 0 fully saturated rings. The summed E-state index contributed by atoms with van der Waals surface area (Å²) in [5, 5.41) is 3.85. The first-order chi connectivity index (χ1) is 9.05. The van der Waals surface area contributed by atoms with Crippen LogP contribution >= 0.6 is 11.3 Å². The van der Waals surface area contributed by atoms with Crippen molar-refractivity contribution in [1.82, 2.24) is 4.31 Å². The van der Waals surface area contributed by atoms with Crippen LogP contribution in [-0.2, 0) is 16.6 Å². The highest BCUT2D eigenvalue weighted by Gasteiger charge is 2.23. The summed E-state index contributed by atoms with van der Waals surface area (Å²) in [6, 6.07) is 8.48. The SMILES string of the molecule is CN(Cc1ccsc1)S(=O)(=O)c1ccccc1NN. The van der Waals surface area contributed by atoms with Crippen molar-refractivity contribution in [2.24, 2.45) is 5.84 Å². The van der Waals surface area contributed by atoms with Gasteiger partial charge in [0.2, 0.25) is 10.0 Å². The van der Waals surface area contributed by atoms with E-state index in [2.05, 4.69) is 5.43 Å². The molecule has 0 saturated heterocycles. The molecule has 0 radical (unpaired) electrons. The maximum atomic E-state index is 12.5. The summed E-state index contributed by atoms with van der Waals surface area (Å²) in [5.74, 6) is 5.35. The third-order valence-corrected chi connectivity index (χ3v) is 5.31. The summed E-state index contributed by atoms with van der Waals surface area (Å²) in [6.07, 6.45) is 0. The van der Waals surface area contributed by atoms with E-state index in [1.807, 2.05) is 16.8 Å². The molecule has 0 bridgehead atoms. The zero-order valence-corrected chi connectivity index (χ0v) is 12.0. The first-order valence-electron chi connectivity index (χ1n) is 5.59. The van der Waals surface area contributed by atoms with E-state index < -0.39 is 10.0 Å². The second kappa shape index (κ2) is 5.70. The van der Waals surface area contributed by atoms with Gasteiger partial charge in [-0.2, -0.15) is 15.6 Å². The van der Waals surface area contributed by atoms with Crippen LogP contribution in [0.5, 0.6) is 0 Å². The number of nitrogens with one attached hydrogen (secondary N) is 1. The zero-order valence-electron chi connectivity index (χ0n) is 10.4. The van der Waals surface area contributed by atoms with Crippen molar-refractivity contribution in [1.29, 1.82) is 0 Å². The van der Waals surface area contributed by atoms with Crippen LogP contribution in [0.2, 0.25) is 0 Å². The average Bonchev–Trinajstić information content (AvgIpc) is 2.91. The van der Waals surface area contributed by atoms with Crippen LogP contribution in [0.1, 0.15) is 5.56 Å². The van der Waals surface area contributed by atoms with Gasteiger partial charge in [-0.05, 0) is 34.5 Å². The third kappa shape index (κ3) is 2.95. The number of nitrogens with zero attached hydrogens (tertiary/aromatic N) is 1. The molecule has 3 N–H and O–H groups in total. The summed E-state index contributed by atoms with van der Waals surface area (Å²) in [5.41, 5.74) is 3.77. The largest absolute Gasteiger partial charge is 0.323 e. The van der Waals surface area contributed by atoms with Gasteiger partial charge in [0, 0.05) is 13.6 Å². The first-order valence-corrected chi connectivity index (χ1v) is 7.97. The minimum atomic E-state index is -3.56. The maximum Gasteiger partial charge on any atom is 0.245 e. The normalized spacial score (nSPS) is 11.7. The Labute approximate surface area is 116 Å². The minimum absolute atomic E-state index is 0.176. The number of anilines is 1. The molecule has 0 aliphatic carbocycles. The fourth-order valence-electron chi connectivity index (χ4n) is 1.70. The van der Waals surface area contributed by atoms with E-state index in [9.17, 15) is 8.42 Å². The molecule has 0 aliphatic rings. The Bertz CT molecular complexity index is 639. The van der Waals surface area contributed by atoms with Gasteiger partial charge in [-0.1, -0.05) is 12.1 Å². The van der Waals surface area contributed by atoms with Crippen molar-refractivity contribution in [3.05, 3.63) is 46.7 Å². The lowest BCUT2D eigenvalue weighted by Gasteiger charge is -2.18. The second-order valence-electron chi connectivity index (χ2n) is 4.03. The van der Waals surface area contributed by atoms with Gasteiger partial charge in [-0.25, -0.2) is 8.42 Å². The summed E-state index contributed by atoms with van der Waals surface area (Å²) >= 11 is 1.54. The number of sulfonamides is 1. The van der Waals surface area contributed by atoms with Crippen LogP contribution in [0.15, 0.2) is 46.0 Å². The molecule has 0 amide bonds. The lowest BCUT2D eigenvalue weighted by atomic mass is 10.3. The average molecular weight is 297 g/mol. The van der Waals surface area contributed by atoms with Crippen LogP contribution in [-0.4, -0.2) is 19.8 Å². The number of hydrogen-bond acceptors (Lipinski definition) is 5. The highest BCUT2D eigenvalue weighted by Crippen LogP contribution is 2.24. The number of nitrogens with two attached hydrogens (primary N) is 1. The number of hydrazine groups is 1. The topological polar surface area (TPSA) is 75.4 Å². The van der Waals surface area contributed by atoms with E-state index >= 15 is 0 Å². The molecule has 19 heavy (non-hydrogen) atoms. The Hall–Kier alpha value is -1.41. The summed E-state index contributed by atoms with van der Waals surface area (Å²) in [7, 11) is -2.01. The molecule has 0 aliphatic heterocycles. The van der Waals surface area contributed by atoms with Crippen LogP contribution in [0.3, 0.4) is 0 Å². The number of hydrogen-bond donors (Lipinski definition) is 2. The second-order valence-corrected chi connectivity index (χ2v) is 6.83. The van der Waals surface area contributed by atoms with E-state index in [-0.39, 0.29) is 4.90 Å². The Kier molecular flexibility index (Phi) is 4.20. The number of benzene rings is 1. The number of thiophene rings is 1. The predicted octanol–water partition coefficient (Wildman–Crippen LogP) is 1.85. The molecule has 0 unspecified atom stereocenters. The summed E-state index contributed by atoms with van der Waals surface area (Å²) in [6.45, 7) is 0.338. The Morgan fingerprint density at radius 2 is 2.05 bits per heavy atom. The Balaban J connectivity index is 2.31. The Morgan fingerprint density at radius 3 is 2.68 bits per heavy atom. The van der Waals surface area contributed by atoms with Gasteiger partial charge in [0.1, 0.15) is 4.90 Å². The van der Waals surface area contributed by atoms with Crippen molar-refractivity contribution in [3.8, 4) is 0 Å². The monoisotopic (exact) mass is 297 g/mol. The molecular weight excluding hydrogens is 282 g/mol. The number of para-hydroxylation sites is 1. The van der Waals surface area contributed by atoms with E-state index in [4.69, 9.17) is 5.84 Å². The molecule has 1 heterocycles. The van der Waals surface area contributed by atoms with Crippen molar-refractivity contribution in [3.63, 3.8) is 0 Å². The van der Waals surface area contributed by atoms with E-state index in [1.165, 1.54) is 10.4 Å². The fourth-order valence-corrected chi connectivity index (χ4v) is 3.67. The van der Waals surface area contributed by atoms with E-state index in [1.54, 1.807) is 36.6 Å². The van der Waals surface area contributed by atoms with Gasteiger partial charge in [-0.15, -0.1) is 0 Å². The molecule has 2 aromatic rings.